The summed E-state index contributed by atoms with van der Waals surface area (Å²) < 4.78 is 1.96. The van der Waals surface area contributed by atoms with E-state index in [1.165, 1.54) is 25.1 Å². The molecule has 0 saturated carbocycles. The number of rotatable bonds is 3. The average Bonchev–Trinajstić information content (AvgIpc) is 2.65. The second-order valence-electron chi connectivity index (χ2n) is 4.31. The number of likely N-dealkylation sites (N-methyl/N-ethyl adjacent to an activating group) is 1. The highest BCUT2D eigenvalue weighted by molar-refractivity contribution is 5.85. The van der Waals surface area contributed by atoms with Gasteiger partial charge < -0.3 is 5.32 Å². The predicted molar refractivity (Wildman–Crippen MR) is 67.8 cm³/mol. The lowest BCUT2D eigenvalue weighted by Crippen LogP contribution is -2.44. The molecule has 1 aromatic heterocycles. The van der Waals surface area contributed by atoms with Gasteiger partial charge in [-0.2, -0.15) is 5.10 Å². The minimum Gasteiger partial charge on any atom is -0.316 e. The van der Waals surface area contributed by atoms with Crippen LogP contribution in [0.2, 0.25) is 0 Å². The van der Waals surface area contributed by atoms with E-state index in [0.29, 0.717) is 6.04 Å². The number of hydrogen-bond acceptors (Lipinski definition) is 3. The Balaban J connectivity index is 0.00000128. The lowest BCUT2D eigenvalue weighted by molar-refractivity contribution is 0.184. The molecule has 1 aliphatic rings. The van der Waals surface area contributed by atoms with Gasteiger partial charge in [0.2, 0.25) is 0 Å². The third kappa shape index (κ3) is 3.20. The molecule has 92 valence electrons. The summed E-state index contributed by atoms with van der Waals surface area (Å²) in [5.74, 6) is 0. The molecule has 16 heavy (non-hydrogen) atoms. The zero-order chi connectivity index (χ0) is 10.7. The number of aryl methyl sites for hydroxylation is 1. The van der Waals surface area contributed by atoms with Gasteiger partial charge in [-0.3, -0.25) is 9.58 Å². The van der Waals surface area contributed by atoms with E-state index in [9.17, 15) is 0 Å². The van der Waals surface area contributed by atoms with E-state index >= 15 is 0 Å². The van der Waals surface area contributed by atoms with E-state index in [-0.39, 0.29) is 12.4 Å². The van der Waals surface area contributed by atoms with Gasteiger partial charge in [0.1, 0.15) is 0 Å². The molecule has 0 amide bonds. The predicted octanol–water partition coefficient (Wildman–Crippen LogP) is 1.03. The van der Waals surface area contributed by atoms with E-state index in [1.807, 2.05) is 17.9 Å². The van der Waals surface area contributed by atoms with Gasteiger partial charge in [0.25, 0.3) is 0 Å². The molecule has 0 bridgehead atoms. The Morgan fingerprint density at radius 1 is 1.56 bits per heavy atom. The molecule has 0 radical (unpaired) electrons. The number of piperidine rings is 1. The minimum atomic E-state index is 0. The lowest BCUT2D eigenvalue weighted by Gasteiger charge is -2.32. The summed E-state index contributed by atoms with van der Waals surface area (Å²) in [6, 6.07) is 2.76. The summed E-state index contributed by atoms with van der Waals surface area (Å²) in [6.45, 7) is 3.39. The van der Waals surface area contributed by atoms with Crippen molar-refractivity contribution in [3.05, 3.63) is 18.0 Å². The first kappa shape index (κ1) is 13.5. The van der Waals surface area contributed by atoms with Crippen LogP contribution in [0.5, 0.6) is 0 Å². The highest BCUT2D eigenvalue weighted by atomic mass is 35.5. The highest BCUT2D eigenvalue weighted by Crippen LogP contribution is 2.12. The molecule has 0 aliphatic carbocycles. The molecule has 4 nitrogen and oxygen atoms in total. The van der Waals surface area contributed by atoms with Gasteiger partial charge in [-0.1, -0.05) is 0 Å². The van der Waals surface area contributed by atoms with Gasteiger partial charge in [-0.05, 0) is 32.5 Å². The van der Waals surface area contributed by atoms with Crippen molar-refractivity contribution in [1.82, 2.24) is 20.0 Å². The van der Waals surface area contributed by atoms with Crippen LogP contribution in [0.4, 0.5) is 0 Å². The van der Waals surface area contributed by atoms with Gasteiger partial charge in [0.05, 0.1) is 5.69 Å². The molecule has 0 aromatic carbocycles. The van der Waals surface area contributed by atoms with Gasteiger partial charge in [0, 0.05) is 32.4 Å². The van der Waals surface area contributed by atoms with Crippen molar-refractivity contribution in [1.29, 1.82) is 0 Å². The molecule has 1 atom stereocenters. The molecule has 2 rings (SSSR count). The Kier molecular flexibility index (Phi) is 5.25. The Labute approximate surface area is 103 Å². The Bertz CT molecular complexity index is 313. The van der Waals surface area contributed by atoms with Crippen LogP contribution < -0.4 is 5.32 Å². The Hall–Kier alpha value is -0.580. The molecule has 5 heteroatoms. The molecule has 2 heterocycles. The van der Waals surface area contributed by atoms with Crippen LogP contribution in [0.3, 0.4) is 0 Å². The first-order valence-electron chi connectivity index (χ1n) is 5.66. The second kappa shape index (κ2) is 6.23. The lowest BCUT2D eigenvalue weighted by atomic mass is 10.1. The zero-order valence-electron chi connectivity index (χ0n) is 10.0. The summed E-state index contributed by atoms with van der Waals surface area (Å²) in [4.78, 5) is 2.50. The monoisotopic (exact) mass is 244 g/mol. The first-order chi connectivity index (χ1) is 7.29. The molecule has 1 N–H and O–H groups in total. The fourth-order valence-electron chi connectivity index (χ4n) is 2.22. The molecular formula is C11H21ClN4. The maximum absolute atomic E-state index is 4.20. The summed E-state index contributed by atoms with van der Waals surface area (Å²) in [5.41, 5.74) is 1.30. The molecule has 1 saturated heterocycles. The van der Waals surface area contributed by atoms with Crippen LogP contribution in [-0.4, -0.2) is 40.9 Å². The normalized spacial score (nSPS) is 21.8. The van der Waals surface area contributed by atoms with Crippen molar-refractivity contribution in [3.8, 4) is 0 Å². The van der Waals surface area contributed by atoms with Crippen molar-refractivity contribution < 1.29 is 0 Å². The number of nitrogens with zero attached hydrogens (tertiary/aromatic N) is 3. The smallest absolute Gasteiger partial charge is 0.0521 e. The maximum atomic E-state index is 4.20. The number of aromatic nitrogens is 2. The van der Waals surface area contributed by atoms with Crippen LogP contribution >= 0.6 is 12.4 Å². The number of hydrogen-bond donors (Lipinski definition) is 1. The fraction of sp³-hybridized carbons (Fsp3) is 0.727. The standard InChI is InChI=1S/C11H20N4.ClH/c1-12-10-4-3-7-15(8-10)9-11-5-6-13-14(11)2;/h5-6,10,12H,3-4,7-9H2,1-2H3;1H. The molecule has 1 aromatic rings. The zero-order valence-corrected chi connectivity index (χ0v) is 10.8. The van der Waals surface area contributed by atoms with E-state index in [2.05, 4.69) is 28.4 Å². The molecule has 1 fully saturated rings. The molecule has 1 aliphatic heterocycles. The van der Waals surface area contributed by atoms with Crippen LogP contribution in [-0.2, 0) is 13.6 Å². The van der Waals surface area contributed by atoms with E-state index in [0.717, 1.165) is 13.1 Å². The number of likely N-dealkylation sites (tertiary alicyclic amines) is 1. The number of halogens is 1. The minimum absolute atomic E-state index is 0. The van der Waals surface area contributed by atoms with Gasteiger partial charge >= 0.3 is 0 Å². The van der Waals surface area contributed by atoms with Crippen LogP contribution in [0.15, 0.2) is 12.3 Å². The van der Waals surface area contributed by atoms with Crippen molar-refractivity contribution in [3.63, 3.8) is 0 Å². The third-order valence-corrected chi connectivity index (χ3v) is 3.22. The summed E-state index contributed by atoms with van der Waals surface area (Å²) in [7, 11) is 4.06. The van der Waals surface area contributed by atoms with Gasteiger partial charge in [-0.25, -0.2) is 0 Å². The highest BCUT2D eigenvalue weighted by Gasteiger charge is 2.18. The topological polar surface area (TPSA) is 33.1 Å². The average molecular weight is 245 g/mol. The molecular weight excluding hydrogens is 224 g/mol. The van der Waals surface area contributed by atoms with E-state index in [4.69, 9.17) is 0 Å². The molecule has 0 spiro atoms. The van der Waals surface area contributed by atoms with E-state index < -0.39 is 0 Å². The quantitative estimate of drug-likeness (QED) is 0.862. The third-order valence-electron chi connectivity index (χ3n) is 3.22. The molecule has 1 unspecified atom stereocenters. The first-order valence-corrected chi connectivity index (χ1v) is 5.66. The second-order valence-corrected chi connectivity index (χ2v) is 4.31. The van der Waals surface area contributed by atoms with Crippen LogP contribution in [0.25, 0.3) is 0 Å². The van der Waals surface area contributed by atoms with Crippen molar-refractivity contribution in [2.24, 2.45) is 7.05 Å². The van der Waals surface area contributed by atoms with Crippen molar-refractivity contribution in [2.75, 3.05) is 20.1 Å². The van der Waals surface area contributed by atoms with E-state index in [1.54, 1.807) is 0 Å². The van der Waals surface area contributed by atoms with Gasteiger partial charge in [-0.15, -0.1) is 12.4 Å². The van der Waals surface area contributed by atoms with Crippen LogP contribution in [0, 0.1) is 0 Å². The Morgan fingerprint density at radius 2 is 2.38 bits per heavy atom. The SMILES string of the molecule is CNC1CCCN(Cc2ccnn2C)C1.Cl. The maximum Gasteiger partial charge on any atom is 0.0521 e. The summed E-state index contributed by atoms with van der Waals surface area (Å²) in [5, 5.41) is 7.56. The van der Waals surface area contributed by atoms with Crippen molar-refractivity contribution in [2.45, 2.75) is 25.4 Å². The van der Waals surface area contributed by atoms with Gasteiger partial charge in [0.15, 0.2) is 0 Å². The van der Waals surface area contributed by atoms with Crippen molar-refractivity contribution >= 4 is 12.4 Å². The Morgan fingerprint density at radius 3 is 3.00 bits per heavy atom. The summed E-state index contributed by atoms with van der Waals surface area (Å²) >= 11 is 0. The fourth-order valence-corrected chi connectivity index (χ4v) is 2.22. The summed E-state index contributed by atoms with van der Waals surface area (Å²) in [6.07, 6.45) is 4.47. The van der Waals surface area contributed by atoms with Crippen LogP contribution in [0.1, 0.15) is 18.5 Å². The largest absolute Gasteiger partial charge is 0.316 e. The number of nitrogens with one attached hydrogen (secondary N) is 1.